The second kappa shape index (κ2) is 6.78. The molecule has 1 aromatic rings. The number of hydrogen-bond donors (Lipinski definition) is 1. The fourth-order valence-corrected chi connectivity index (χ4v) is 3.90. The van der Waals surface area contributed by atoms with E-state index in [4.69, 9.17) is 5.73 Å². The van der Waals surface area contributed by atoms with Gasteiger partial charge in [-0.3, -0.25) is 4.79 Å². The lowest BCUT2D eigenvalue weighted by atomic mass is 9.85. The Morgan fingerprint density at radius 1 is 1.09 bits per heavy atom. The number of benzene rings is 1. The average molecular weight is 304 g/mol. The number of nitrogens with zero attached hydrogens (tertiary/aromatic N) is 1. The zero-order valence-corrected chi connectivity index (χ0v) is 13.0. The quantitative estimate of drug-likeness (QED) is 0.913. The summed E-state index contributed by atoms with van der Waals surface area (Å²) in [5.41, 5.74) is 7.26. The van der Waals surface area contributed by atoms with Gasteiger partial charge in [0.25, 0.3) is 0 Å². The van der Waals surface area contributed by atoms with Crippen LogP contribution in [0.3, 0.4) is 0 Å². The third kappa shape index (κ3) is 3.49. The highest BCUT2D eigenvalue weighted by Gasteiger charge is 2.32. The maximum atomic E-state index is 13.1. The molecule has 0 bridgehead atoms. The van der Waals surface area contributed by atoms with Crippen molar-refractivity contribution in [2.45, 2.75) is 50.5 Å². The fraction of sp³-hybridized carbons (Fsp3) is 0.611. The van der Waals surface area contributed by atoms with Crippen molar-refractivity contribution in [1.29, 1.82) is 0 Å². The molecule has 1 aromatic carbocycles. The van der Waals surface area contributed by atoms with Crippen LogP contribution in [0.1, 0.15) is 50.0 Å². The smallest absolute Gasteiger partial charge is 0.225 e. The van der Waals surface area contributed by atoms with Crippen LogP contribution in [0.5, 0.6) is 0 Å². The summed E-state index contributed by atoms with van der Waals surface area (Å²) in [6, 6.07) is 6.63. The van der Waals surface area contributed by atoms with Gasteiger partial charge in [-0.1, -0.05) is 31.4 Å². The fourth-order valence-electron chi connectivity index (χ4n) is 3.90. The highest BCUT2D eigenvalue weighted by molar-refractivity contribution is 5.79. The predicted molar refractivity (Wildman–Crippen MR) is 84.9 cm³/mol. The summed E-state index contributed by atoms with van der Waals surface area (Å²) in [5, 5.41) is 0. The van der Waals surface area contributed by atoms with Gasteiger partial charge in [0.05, 0.1) is 0 Å². The molecular formula is C18H25FN2O. The van der Waals surface area contributed by atoms with Crippen molar-refractivity contribution in [1.82, 2.24) is 4.90 Å². The number of halogens is 1. The summed E-state index contributed by atoms with van der Waals surface area (Å²) in [7, 11) is 0. The molecule has 1 saturated heterocycles. The largest absolute Gasteiger partial charge is 0.340 e. The number of piperidine rings is 1. The van der Waals surface area contributed by atoms with Crippen molar-refractivity contribution in [3.8, 4) is 0 Å². The Hall–Kier alpha value is -1.42. The van der Waals surface area contributed by atoms with Crippen LogP contribution < -0.4 is 5.73 Å². The molecule has 2 aliphatic rings. The van der Waals surface area contributed by atoms with E-state index in [1.165, 1.54) is 18.6 Å². The predicted octanol–water partition coefficient (Wildman–Crippen LogP) is 3.05. The number of rotatable bonds is 2. The Labute approximate surface area is 131 Å². The zero-order valence-electron chi connectivity index (χ0n) is 13.0. The van der Waals surface area contributed by atoms with Crippen LogP contribution in [-0.4, -0.2) is 29.9 Å². The molecule has 2 fully saturated rings. The van der Waals surface area contributed by atoms with E-state index in [-0.39, 0.29) is 29.6 Å². The van der Waals surface area contributed by atoms with Crippen molar-refractivity contribution < 1.29 is 9.18 Å². The monoisotopic (exact) mass is 304 g/mol. The molecule has 1 heterocycles. The summed E-state index contributed by atoms with van der Waals surface area (Å²) in [6.45, 7) is 1.38. The number of nitrogens with two attached hydrogens (primary N) is 1. The minimum atomic E-state index is -0.223. The maximum absolute atomic E-state index is 13.1. The van der Waals surface area contributed by atoms with Crippen LogP contribution in [0.15, 0.2) is 24.3 Å². The highest BCUT2D eigenvalue weighted by atomic mass is 19.1. The van der Waals surface area contributed by atoms with Crippen molar-refractivity contribution >= 4 is 5.91 Å². The number of carbonyl (C=O) groups is 1. The second-order valence-electron chi connectivity index (χ2n) is 6.82. The molecule has 1 aliphatic heterocycles. The molecule has 3 rings (SSSR count). The van der Waals surface area contributed by atoms with Crippen LogP contribution in [0, 0.1) is 11.7 Å². The Kier molecular flexibility index (Phi) is 4.77. The molecule has 4 heteroatoms. The molecule has 2 atom stereocenters. The summed E-state index contributed by atoms with van der Waals surface area (Å²) in [4.78, 5) is 14.7. The first-order chi connectivity index (χ1) is 10.6. The van der Waals surface area contributed by atoms with E-state index in [1.807, 2.05) is 17.0 Å². The molecule has 0 radical (unpaired) electrons. The van der Waals surface area contributed by atoms with Gasteiger partial charge in [0.2, 0.25) is 5.91 Å². The Morgan fingerprint density at radius 3 is 2.45 bits per heavy atom. The van der Waals surface area contributed by atoms with Crippen LogP contribution in [0.25, 0.3) is 0 Å². The topological polar surface area (TPSA) is 46.3 Å². The summed E-state index contributed by atoms with van der Waals surface area (Å²) in [5.74, 6) is 0.464. The molecule has 2 N–H and O–H groups in total. The van der Waals surface area contributed by atoms with Gasteiger partial charge in [-0.15, -0.1) is 0 Å². The normalized spacial score (nSPS) is 26.9. The van der Waals surface area contributed by atoms with Crippen molar-refractivity contribution in [2.24, 2.45) is 11.7 Å². The van der Waals surface area contributed by atoms with E-state index in [1.54, 1.807) is 0 Å². The Balaban J connectivity index is 1.70. The molecule has 1 aliphatic carbocycles. The number of carbonyl (C=O) groups excluding carboxylic acids is 1. The second-order valence-corrected chi connectivity index (χ2v) is 6.82. The highest BCUT2D eigenvalue weighted by Crippen LogP contribution is 2.30. The SMILES string of the molecule is NC1CC(c2ccc(F)cc2)CN(C(=O)C2CCCCC2)C1. The van der Waals surface area contributed by atoms with Gasteiger partial charge in [0.1, 0.15) is 5.82 Å². The molecule has 3 nitrogen and oxygen atoms in total. The molecule has 2 unspecified atom stereocenters. The average Bonchev–Trinajstić information content (AvgIpc) is 2.55. The molecule has 0 aromatic heterocycles. The Morgan fingerprint density at radius 2 is 1.77 bits per heavy atom. The number of hydrogen-bond acceptors (Lipinski definition) is 2. The lowest BCUT2D eigenvalue weighted by Crippen LogP contribution is -2.50. The van der Waals surface area contributed by atoms with Gasteiger partial charge in [0, 0.05) is 31.0 Å². The van der Waals surface area contributed by atoms with Crippen molar-refractivity contribution in [2.75, 3.05) is 13.1 Å². The minimum absolute atomic E-state index is 0.0105. The molecule has 0 spiro atoms. The summed E-state index contributed by atoms with van der Waals surface area (Å²) in [6.07, 6.45) is 6.48. The minimum Gasteiger partial charge on any atom is -0.340 e. The lowest BCUT2D eigenvalue weighted by molar-refractivity contribution is -0.138. The molecule has 120 valence electrons. The van der Waals surface area contributed by atoms with Crippen LogP contribution >= 0.6 is 0 Å². The number of likely N-dealkylation sites (tertiary alicyclic amines) is 1. The van der Waals surface area contributed by atoms with Crippen LogP contribution in [0.2, 0.25) is 0 Å². The third-order valence-corrected chi connectivity index (χ3v) is 5.09. The first-order valence-corrected chi connectivity index (χ1v) is 8.43. The first kappa shape index (κ1) is 15.5. The van der Waals surface area contributed by atoms with Gasteiger partial charge >= 0.3 is 0 Å². The van der Waals surface area contributed by atoms with E-state index in [2.05, 4.69) is 0 Å². The zero-order chi connectivity index (χ0) is 15.5. The van der Waals surface area contributed by atoms with Gasteiger partial charge in [0.15, 0.2) is 0 Å². The van der Waals surface area contributed by atoms with Gasteiger partial charge < -0.3 is 10.6 Å². The number of amides is 1. The molecular weight excluding hydrogens is 279 g/mol. The van der Waals surface area contributed by atoms with E-state index in [0.29, 0.717) is 13.1 Å². The molecule has 1 saturated carbocycles. The summed E-state index contributed by atoms with van der Waals surface area (Å²) < 4.78 is 13.1. The lowest BCUT2D eigenvalue weighted by Gasteiger charge is -2.39. The van der Waals surface area contributed by atoms with Gasteiger partial charge in [-0.05, 0) is 37.0 Å². The van der Waals surface area contributed by atoms with Crippen molar-refractivity contribution in [3.05, 3.63) is 35.6 Å². The van der Waals surface area contributed by atoms with Gasteiger partial charge in [-0.2, -0.15) is 0 Å². The molecule has 22 heavy (non-hydrogen) atoms. The van der Waals surface area contributed by atoms with E-state index < -0.39 is 0 Å². The van der Waals surface area contributed by atoms with E-state index in [9.17, 15) is 9.18 Å². The van der Waals surface area contributed by atoms with E-state index >= 15 is 0 Å². The molecule has 1 amide bonds. The maximum Gasteiger partial charge on any atom is 0.225 e. The Bertz CT molecular complexity index is 510. The van der Waals surface area contributed by atoms with Crippen LogP contribution in [-0.2, 0) is 4.79 Å². The van der Waals surface area contributed by atoms with Gasteiger partial charge in [-0.25, -0.2) is 4.39 Å². The van der Waals surface area contributed by atoms with Crippen molar-refractivity contribution in [3.63, 3.8) is 0 Å². The third-order valence-electron chi connectivity index (χ3n) is 5.09. The summed E-state index contributed by atoms with van der Waals surface area (Å²) >= 11 is 0. The first-order valence-electron chi connectivity index (χ1n) is 8.43. The standard InChI is InChI=1S/C18H25FN2O/c19-16-8-6-13(7-9-16)15-10-17(20)12-21(11-15)18(22)14-4-2-1-3-5-14/h6-9,14-15,17H,1-5,10-12,20H2. The van der Waals surface area contributed by atoms with E-state index in [0.717, 1.165) is 37.7 Å². The van der Waals surface area contributed by atoms with Crippen LogP contribution in [0.4, 0.5) is 4.39 Å².